The van der Waals surface area contributed by atoms with Crippen LogP contribution >= 0.6 is 11.6 Å². The molecule has 22 heteroatoms. The summed E-state index contributed by atoms with van der Waals surface area (Å²) in [6.45, 7) is 6.25. The Morgan fingerprint density at radius 2 is 1.21 bits per heavy atom. The Morgan fingerprint density at radius 1 is 0.697 bits per heavy atom. The maximum atomic E-state index is 13.5. The molecule has 1 aromatic heterocycles. The van der Waals surface area contributed by atoms with Gasteiger partial charge in [0.2, 0.25) is 29.6 Å². The number of halogens is 10. The number of nitrogens with zero attached hydrogens (tertiary/aromatic N) is 3. The fourth-order valence-electron chi connectivity index (χ4n) is 10.1. The summed E-state index contributed by atoms with van der Waals surface area (Å²) in [7, 11) is 0. The van der Waals surface area contributed by atoms with Crippen LogP contribution in [0.5, 0.6) is 0 Å². The van der Waals surface area contributed by atoms with Crippen LogP contribution in [-0.4, -0.2) is 79.7 Å². The topological polar surface area (TPSA) is 171 Å². The molecule has 3 N–H and O–H groups in total. The molecule has 4 aliphatic carbocycles. The van der Waals surface area contributed by atoms with E-state index in [9.17, 15) is 63.5 Å². The van der Waals surface area contributed by atoms with Gasteiger partial charge in [0, 0.05) is 69.9 Å². The van der Waals surface area contributed by atoms with Crippen LogP contribution in [-0.2, 0) is 55.0 Å². The highest BCUT2D eigenvalue weighted by Crippen LogP contribution is 2.57. The molecule has 414 valence electrons. The molecule has 5 aliphatic rings. The minimum Gasteiger partial charge on any atom is -0.481 e. The van der Waals surface area contributed by atoms with Gasteiger partial charge in [-0.1, -0.05) is 93.0 Å². The average molecular weight is 1100 g/mol. The number of alkyl halides is 8. The molecule has 0 spiro atoms. The molecule has 9 rings (SSSR count). The van der Waals surface area contributed by atoms with Gasteiger partial charge < -0.3 is 25.2 Å². The highest BCUT2D eigenvalue weighted by Gasteiger charge is 2.61. The van der Waals surface area contributed by atoms with Crippen molar-refractivity contribution in [1.82, 2.24) is 14.7 Å². The van der Waals surface area contributed by atoms with Crippen LogP contribution in [0.4, 0.5) is 39.5 Å². The predicted molar refractivity (Wildman–Crippen MR) is 260 cm³/mol. The summed E-state index contributed by atoms with van der Waals surface area (Å²) in [6.07, 6.45) is -1.84. The molecular weight excluding hydrogens is 1040 g/mol. The number of aliphatic carboxylic acids is 1. The molecule has 0 saturated heterocycles. The van der Waals surface area contributed by atoms with Gasteiger partial charge in [0.1, 0.15) is 24.7 Å². The van der Waals surface area contributed by atoms with Crippen LogP contribution in [0.25, 0.3) is 11.3 Å². The van der Waals surface area contributed by atoms with Crippen molar-refractivity contribution < 1.29 is 78.1 Å². The normalized spacial score (nSPS) is 20.1. The third-order valence-electron chi connectivity index (χ3n) is 14.8. The van der Waals surface area contributed by atoms with E-state index in [4.69, 9.17) is 31.9 Å². The summed E-state index contributed by atoms with van der Waals surface area (Å²) in [5.74, 6) is -15.1. The highest BCUT2D eigenvalue weighted by atomic mass is 35.5. The molecule has 0 radical (unpaired) electrons. The van der Waals surface area contributed by atoms with E-state index < -0.39 is 88.3 Å². The summed E-state index contributed by atoms with van der Waals surface area (Å²) in [4.78, 5) is 60.4. The van der Waals surface area contributed by atoms with Crippen LogP contribution < -0.4 is 5.73 Å². The van der Waals surface area contributed by atoms with Crippen LogP contribution in [0.2, 0.25) is 5.02 Å². The number of nitrogens with two attached hydrogens (primary N) is 1. The molecule has 76 heavy (non-hydrogen) atoms. The van der Waals surface area contributed by atoms with E-state index in [-0.39, 0.29) is 93.3 Å². The first-order chi connectivity index (χ1) is 35.5. The number of carboxylic acids is 1. The van der Waals surface area contributed by atoms with Crippen molar-refractivity contribution in [3.63, 3.8) is 0 Å². The third kappa shape index (κ3) is 14.3. The molecule has 1 aliphatic heterocycles. The van der Waals surface area contributed by atoms with Gasteiger partial charge in [0.05, 0.1) is 46.1 Å². The second-order valence-corrected chi connectivity index (χ2v) is 21.0. The molecule has 12 nitrogen and oxygen atoms in total. The van der Waals surface area contributed by atoms with Gasteiger partial charge in [-0.2, -0.15) is 5.10 Å². The lowest BCUT2D eigenvalue weighted by molar-refractivity contribution is -0.200. The Hall–Kier alpha value is -6.12. The number of carbonyl (C=O) groups excluding carboxylic acids is 4. The monoisotopic (exact) mass is 1100 g/mol. The van der Waals surface area contributed by atoms with Gasteiger partial charge in [-0.25, -0.2) is 39.5 Å². The lowest BCUT2D eigenvalue weighted by Gasteiger charge is -2.47. The summed E-state index contributed by atoms with van der Waals surface area (Å²) < 4.78 is 128. The van der Waals surface area contributed by atoms with Crippen molar-refractivity contribution in [2.24, 2.45) is 27.9 Å². The second-order valence-electron chi connectivity index (χ2n) is 20.5. The number of rotatable bonds is 14. The Bertz CT molecular complexity index is 2710. The zero-order chi connectivity index (χ0) is 56.1. The lowest BCUT2D eigenvalue weighted by atomic mass is 9.62. The fourth-order valence-corrected chi connectivity index (χ4v) is 10.3. The molecule has 0 unspecified atom stereocenters. The van der Waals surface area contributed by atoms with E-state index in [1.807, 2.05) is 67.6 Å². The van der Waals surface area contributed by atoms with Gasteiger partial charge >= 0.3 is 17.9 Å². The van der Waals surface area contributed by atoms with E-state index in [1.165, 1.54) is 18.2 Å². The number of hydrogen-bond acceptors (Lipinski definition) is 8. The van der Waals surface area contributed by atoms with Gasteiger partial charge in [0.25, 0.3) is 5.91 Å². The minimum absolute atomic E-state index is 0.0412. The van der Waals surface area contributed by atoms with Crippen molar-refractivity contribution in [2.45, 2.75) is 148 Å². The third-order valence-corrected chi connectivity index (χ3v) is 15.1. The smallest absolute Gasteiger partial charge is 0.312 e. The number of fused-ring (bicyclic) bond motifs is 1. The number of carboxylic acid groups (broad SMARTS) is 1. The lowest BCUT2D eigenvalue weighted by Crippen LogP contribution is -2.51. The summed E-state index contributed by atoms with van der Waals surface area (Å²) in [5.41, 5.74) is 5.85. The van der Waals surface area contributed by atoms with Gasteiger partial charge in [-0.15, -0.1) is 0 Å². The fraction of sp³-hybridized carbons (Fsp3) is 0.519. The number of hydrogen-bond donors (Lipinski definition) is 2. The first-order valence-corrected chi connectivity index (χ1v) is 25.2. The van der Waals surface area contributed by atoms with Gasteiger partial charge in [0.15, 0.2) is 0 Å². The van der Waals surface area contributed by atoms with Crippen molar-refractivity contribution in [1.29, 1.82) is 0 Å². The van der Waals surface area contributed by atoms with Crippen LogP contribution in [0.3, 0.4) is 0 Å². The molecule has 0 bridgehead atoms. The van der Waals surface area contributed by atoms with Crippen molar-refractivity contribution in [3.8, 4) is 11.3 Å². The molecule has 0 atom stereocenters. The molecule has 3 aromatic carbocycles. The minimum atomic E-state index is -2.74. The molecule has 2 amide bonds. The Labute approximate surface area is 438 Å². The van der Waals surface area contributed by atoms with Gasteiger partial charge in [-0.3, -0.25) is 28.7 Å². The van der Waals surface area contributed by atoms with E-state index in [1.54, 1.807) is 23.4 Å². The van der Waals surface area contributed by atoms with E-state index in [0.717, 1.165) is 11.1 Å². The van der Waals surface area contributed by atoms with Crippen molar-refractivity contribution in [3.05, 3.63) is 112 Å². The van der Waals surface area contributed by atoms with Crippen LogP contribution in [0, 0.1) is 28.0 Å². The Morgan fingerprint density at radius 3 is 1.64 bits per heavy atom. The predicted octanol–water partition coefficient (Wildman–Crippen LogP) is 12.2. The van der Waals surface area contributed by atoms with Crippen molar-refractivity contribution >= 4 is 41.3 Å². The SMILES string of the molecule is CCC1(C(=O)O)CC(F)(F)C1.CCC1(C(=O)OCc2ccccc2)CC(F)(F)C1.CCC1(CC(=O)N2CCn3nc(-c4ccc(F)c(Cl)c4)c(C(N)=O)c3C2)CC(F)(F)C1.O=C(OCc1ccccc1)C1CC(F)(F)C1. The van der Waals surface area contributed by atoms with E-state index in [0.29, 0.717) is 37.2 Å². The number of esters is 2. The van der Waals surface area contributed by atoms with Crippen molar-refractivity contribution in [2.75, 3.05) is 6.54 Å². The first-order valence-electron chi connectivity index (χ1n) is 24.8. The molecule has 4 saturated carbocycles. The zero-order valence-electron chi connectivity index (χ0n) is 42.1. The molecule has 4 aromatic rings. The maximum absolute atomic E-state index is 13.5. The summed E-state index contributed by atoms with van der Waals surface area (Å²) >= 11 is 5.87. The largest absolute Gasteiger partial charge is 0.481 e. The maximum Gasteiger partial charge on any atom is 0.312 e. The quantitative estimate of drug-likeness (QED) is 0.0921. The number of primary amides is 1. The molecule has 2 heterocycles. The number of amides is 2. The zero-order valence-corrected chi connectivity index (χ0v) is 42.9. The van der Waals surface area contributed by atoms with E-state index >= 15 is 0 Å². The van der Waals surface area contributed by atoms with Gasteiger partial charge in [-0.05, 0) is 54.0 Å². The Balaban J connectivity index is 0.000000178. The Kier molecular flexibility index (Phi) is 18.1. The first kappa shape index (κ1) is 59.1. The van der Waals surface area contributed by atoms with E-state index in [2.05, 4.69) is 5.10 Å². The summed E-state index contributed by atoms with van der Waals surface area (Å²) in [5, 5.41) is 12.9. The number of carbonyl (C=O) groups is 5. The standard InChI is InChI=1S/C21H22ClF3N4O2.C14H16F2O2.C12H12F2O2.C7H10F2O2/c1-2-20(10-21(24,25)11-20)8-16(30)28-5-6-29-15(9-28)17(19(26)31)18(27-29)12-3-4-14(23)13(22)7-12;1-2-13(9-14(15,16)10-13)12(17)18-8-11-6-4-3-5-7-11;13-12(14)6-10(7-12)11(15)16-8-9-4-2-1-3-5-9;1-2-6(5(10)11)3-7(8,9)4-6/h3-4,7H,2,5-6,8-11H2,1H3,(H2,26,31);3-7H,2,8-10H2,1H3;1-5,10H,6-8H2;2-4H2,1H3,(H,10,11). The van der Waals surface area contributed by atoms with Crippen LogP contribution in [0.1, 0.15) is 125 Å². The average Bonchev–Trinajstić information content (AvgIpc) is 3.73. The molecule has 4 fully saturated rings. The van der Waals surface area contributed by atoms with Crippen LogP contribution in [0.15, 0.2) is 78.9 Å². The highest BCUT2D eigenvalue weighted by molar-refractivity contribution is 6.31. The molecular formula is C54H60ClF9N4O8. The summed E-state index contributed by atoms with van der Waals surface area (Å²) in [6, 6.07) is 22.4. The second kappa shape index (κ2) is 23.2. The number of aromatic nitrogens is 2. The number of ether oxygens (including phenoxy) is 2. The number of benzene rings is 3.